The Morgan fingerprint density at radius 3 is 2.93 bits per heavy atom. The Kier molecular flexibility index (Phi) is 4.40. The summed E-state index contributed by atoms with van der Waals surface area (Å²) in [6.07, 6.45) is 6.12. The maximum absolute atomic E-state index is 11.3. The van der Waals surface area contributed by atoms with E-state index in [0.717, 1.165) is 24.9 Å². The summed E-state index contributed by atoms with van der Waals surface area (Å²) in [5.41, 5.74) is 0.788. The third kappa shape index (κ3) is 3.00. The van der Waals surface area contributed by atoms with Crippen molar-refractivity contribution in [1.82, 2.24) is 4.57 Å². The average Bonchev–Trinajstić information content (AvgIpc) is 2.66. The predicted molar refractivity (Wildman–Crippen MR) is 55.4 cm³/mol. The number of carbonyl (C=O) groups excluding carboxylic acids is 1. The van der Waals surface area contributed by atoms with Gasteiger partial charge < -0.3 is 9.67 Å². The zero-order chi connectivity index (χ0) is 10.4. The zero-order valence-electron chi connectivity index (χ0n) is 8.57. The number of carbonyl (C=O) groups is 1. The third-order valence-electron chi connectivity index (χ3n) is 2.22. The molecule has 0 saturated carbocycles. The maximum atomic E-state index is 11.3. The van der Waals surface area contributed by atoms with Crippen molar-refractivity contribution in [2.24, 2.45) is 0 Å². The van der Waals surface area contributed by atoms with Crippen LogP contribution in [-0.4, -0.2) is 22.1 Å². The van der Waals surface area contributed by atoms with Gasteiger partial charge in [0.05, 0.1) is 0 Å². The molecule has 0 radical (unpaired) electrons. The van der Waals surface area contributed by atoms with E-state index in [1.165, 1.54) is 0 Å². The molecular weight excluding hydrogens is 178 g/mol. The number of aryl methyl sites for hydroxylation is 1. The van der Waals surface area contributed by atoms with Crippen LogP contribution in [0.1, 0.15) is 36.5 Å². The van der Waals surface area contributed by atoms with Crippen molar-refractivity contribution in [2.75, 3.05) is 6.61 Å². The number of aromatic nitrogens is 1. The van der Waals surface area contributed by atoms with E-state index in [2.05, 4.69) is 0 Å². The first-order chi connectivity index (χ1) is 6.77. The van der Waals surface area contributed by atoms with Gasteiger partial charge in [-0.2, -0.15) is 0 Å². The van der Waals surface area contributed by atoms with Crippen LogP contribution in [0, 0.1) is 0 Å². The minimum Gasteiger partial charge on any atom is -0.396 e. The topological polar surface area (TPSA) is 42.2 Å². The summed E-state index contributed by atoms with van der Waals surface area (Å²) in [4.78, 5) is 11.3. The van der Waals surface area contributed by atoms with E-state index in [1.807, 2.05) is 30.0 Å². The van der Waals surface area contributed by atoms with Crippen molar-refractivity contribution in [2.45, 2.75) is 32.7 Å². The summed E-state index contributed by atoms with van der Waals surface area (Å²) in [7, 11) is 0. The number of ketones is 1. The number of Topliss-reactive ketones (excluding diaryl/α,β-unsaturated/α-hetero) is 1. The first-order valence-electron chi connectivity index (χ1n) is 5.07. The SMILES string of the molecule is CCC(=O)c1ccn(CCCCO)c1. The molecule has 78 valence electrons. The molecule has 1 rings (SSSR count). The van der Waals surface area contributed by atoms with E-state index in [-0.39, 0.29) is 12.4 Å². The van der Waals surface area contributed by atoms with Crippen LogP contribution in [0.25, 0.3) is 0 Å². The molecule has 0 unspecified atom stereocenters. The van der Waals surface area contributed by atoms with Crippen molar-refractivity contribution in [3.8, 4) is 0 Å². The molecule has 0 aliphatic rings. The van der Waals surface area contributed by atoms with Crippen molar-refractivity contribution in [3.05, 3.63) is 24.0 Å². The number of hydrogen-bond acceptors (Lipinski definition) is 2. The lowest BCUT2D eigenvalue weighted by molar-refractivity contribution is 0.0988. The molecule has 0 atom stereocenters. The van der Waals surface area contributed by atoms with Gasteiger partial charge in [0, 0.05) is 37.5 Å². The quantitative estimate of drug-likeness (QED) is 0.556. The number of hydrogen-bond donors (Lipinski definition) is 1. The first kappa shape index (κ1) is 11.0. The highest BCUT2D eigenvalue weighted by atomic mass is 16.2. The molecule has 0 aliphatic heterocycles. The Bertz CT molecular complexity index is 291. The van der Waals surface area contributed by atoms with E-state index in [1.54, 1.807) is 0 Å². The fraction of sp³-hybridized carbons (Fsp3) is 0.545. The monoisotopic (exact) mass is 195 g/mol. The molecule has 0 aliphatic carbocycles. The van der Waals surface area contributed by atoms with Gasteiger partial charge in [-0.15, -0.1) is 0 Å². The lowest BCUT2D eigenvalue weighted by atomic mass is 10.2. The summed E-state index contributed by atoms with van der Waals surface area (Å²) >= 11 is 0. The molecule has 0 spiro atoms. The second-order valence-electron chi connectivity index (χ2n) is 3.35. The normalized spacial score (nSPS) is 10.4. The van der Waals surface area contributed by atoms with Gasteiger partial charge in [-0.3, -0.25) is 4.79 Å². The standard InChI is InChI=1S/C11H17NO2/c1-2-11(14)10-5-7-12(9-10)6-3-4-8-13/h5,7,9,13H,2-4,6,8H2,1H3. The molecule has 0 aromatic carbocycles. The van der Waals surface area contributed by atoms with Crippen LogP contribution >= 0.6 is 0 Å². The summed E-state index contributed by atoms with van der Waals surface area (Å²) in [5, 5.41) is 8.61. The van der Waals surface area contributed by atoms with E-state index < -0.39 is 0 Å². The highest BCUT2D eigenvalue weighted by Crippen LogP contribution is 2.05. The molecule has 0 saturated heterocycles. The molecule has 1 heterocycles. The van der Waals surface area contributed by atoms with Crippen molar-refractivity contribution < 1.29 is 9.90 Å². The lowest BCUT2D eigenvalue weighted by Gasteiger charge is -2.00. The number of nitrogens with zero attached hydrogens (tertiary/aromatic N) is 1. The predicted octanol–water partition coefficient (Wildman–Crippen LogP) is 1.85. The summed E-state index contributed by atoms with van der Waals surface area (Å²) < 4.78 is 2.00. The summed E-state index contributed by atoms with van der Waals surface area (Å²) in [6, 6.07) is 1.85. The van der Waals surface area contributed by atoms with Crippen molar-refractivity contribution >= 4 is 5.78 Å². The Morgan fingerprint density at radius 2 is 2.29 bits per heavy atom. The number of aliphatic hydroxyl groups is 1. The Labute approximate surface area is 84.4 Å². The van der Waals surface area contributed by atoms with Gasteiger partial charge in [-0.05, 0) is 18.9 Å². The first-order valence-corrected chi connectivity index (χ1v) is 5.07. The Balaban J connectivity index is 2.46. The van der Waals surface area contributed by atoms with E-state index in [0.29, 0.717) is 6.42 Å². The molecule has 3 heteroatoms. The number of aliphatic hydroxyl groups excluding tert-OH is 1. The smallest absolute Gasteiger partial charge is 0.164 e. The number of rotatable bonds is 6. The van der Waals surface area contributed by atoms with E-state index >= 15 is 0 Å². The summed E-state index contributed by atoms with van der Waals surface area (Å²) in [6.45, 7) is 2.98. The van der Waals surface area contributed by atoms with Crippen molar-refractivity contribution in [1.29, 1.82) is 0 Å². The largest absolute Gasteiger partial charge is 0.396 e. The lowest BCUT2D eigenvalue weighted by Crippen LogP contribution is -1.97. The minimum absolute atomic E-state index is 0.186. The van der Waals surface area contributed by atoms with Crippen LogP contribution < -0.4 is 0 Å². The molecule has 0 fully saturated rings. The van der Waals surface area contributed by atoms with Gasteiger partial charge in [-0.25, -0.2) is 0 Å². The molecule has 0 amide bonds. The fourth-order valence-electron chi connectivity index (χ4n) is 1.36. The Hall–Kier alpha value is -1.09. The Morgan fingerprint density at radius 1 is 1.50 bits per heavy atom. The van der Waals surface area contributed by atoms with Crippen LogP contribution in [-0.2, 0) is 6.54 Å². The number of unbranched alkanes of at least 4 members (excludes halogenated alkanes) is 1. The van der Waals surface area contributed by atoms with Crippen LogP contribution in [0.3, 0.4) is 0 Å². The zero-order valence-corrected chi connectivity index (χ0v) is 8.57. The maximum Gasteiger partial charge on any atom is 0.164 e. The van der Waals surface area contributed by atoms with Gasteiger partial charge in [0.2, 0.25) is 0 Å². The molecule has 14 heavy (non-hydrogen) atoms. The average molecular weight is 195 g/mol. The van der Waals surface area contributed by atoms with Gasteiger partial charge in [0.1, 0.15) is 0 Å². The van der Waals surface area contributed by atoms with Crippen molar-refractivity contribution in [3.63, 3.8) is 0 Å². The highest BCUT2D eigenvalue weighted by Gasteiger charge is 2.03. The highest BCUT2D eigenvalue weighted by molar-refractivity contribution is 5.95. The second-order valence-corrected chi connectivity index (χ2v) is 3.35. The molecule has 1 N–H and O–H groups in total. The summed E-state index contributed by atoms with van der Waals surface area (Å²) in [5.74, 6) is 0.186. The third-order valence-corrected chi connectivity index (χ3v) is 2.22. The molecule has 0 bridgehead atoms. The minimum atomic E-state index is 0.186. The van der Waals surface area contributed by atoms with E-state index in [4.69, 9.17) is 5.11 Å². The van der Waals surface area contributed by atoms with Gasteiger partial charge in [0.15, 0.2) is 5.78 Å². The van der Waals surface area contributed by atoms with E-state index in [9.17, 15) is 4.79 Å². The van der Waals surface area contributed by atoms with Crippen LogP contribution in [0.5, 0.6) is 0 Å². The van der Waals surface area contributed by atoms with Crippen LogP contribution in [0.4, 0.5) is 0 Å². The molecular formula is C11H17NO2. The van der Waals surface area contributed by atoms with Crippen LogP contribution in [0.15, 0.2) is 18.5 Å². The molecule has 1 aromatic rings. The molecule has 3 nitrogen and oxygen atoms in total. The van der Waals surface area contributed by atoms with Crippen LogP contribution in [0.2, 0.25) is 0 Å². The van der Waals surface area contributed by atoms with Gasteiger partial charge in [0.25, 0.3) is 0 Å². The molecule has 1 aromatic heterocycles. The van der Waals surface area contributed by atoms with Gasteiger partial charge >= 0.3 is 0 Å². The van der Waals surface area contributed by atoms with Gasteiger partial charge in [-0.1, -0.05) is 6.92 Å². The fourth-order valence-corrected chi connectivity index (χ4v) is 1.36. The second kappa shape index (κ2) is 5.60.